The van der Waals surface area contributed by atoms with Gasteiger partial charge in [-0.3, -0.25) is 9.97 Å². The highest BCUT2D eigenvalue weighted by Crippen LogP contribution is 2.29. The number of carbonyl (C=O) groups is 1. The molecule has 0 fully saturated rings. The molecule has 1 aromatic carbocycles. The Balaban J connectivity index is 2.10. The van der Waals surface area contributed by atoms with E-state index in [4.69, 9.17) is 0 Å². The zero-order chi connectivity index (χ0) is 17.3. The van der Waals surface area contributed by atoms with E-state index in [0.717, 1.165) is 21.8 Å². The number of hydrogen-bond donors (Lipinski definition) is 1. The van der Waals surface area contributed by atoms with Crippen molar-refractivity contribution in [3.8, 4) is 0 Å². The van der Waals surface area contributed by atoms with Gasteiger partial charge in [0.25, 0.3) is 0 Å². The summed E-state index contributed by atoms with van der Waals surface area (Å²) < 4.78 is 0. The number of amides is 2. The molecule has 5 heteroatoms. The summed E-state index contributed by atoms with van der Waals surface area (Å²) in [5.74, 6) is 0. The van der Waals surface area contributed by atoms with E-state index in [1.165, 1.54) is 0 Å². The largest absolute Gasteiger partial charge is 0.322 e. The Bertz CT molecular complexity index is 881. The van der Waals surface area contributed by atoms with Crippen molar-refractivity contribution in [1.82, 2.24) is 14.9 Å². The Morgan fingerprint density at radius 3 is 2.29 bits per heavy atom. The summed E-state index contributed by atoms with van der Waals surface area (Å²) >= 11 is 0. The van der Waals surface area contributed by atoms with Crippen molar-refractivity contribution in [1.29, 1.82) is 0 Å². The Labute approximate surface area is 141 Å². The molecule has 2 aromatic heterocycles. The Kier molecular flexibility index (Phi) is 4.34. The van der Waals surface area contributed by atoms with Crippen LogP contribution in [0.25, 0.3) is 21.8 Å². The summed E-state index contributed by atoms with van der Waals surface area (Å²) in [7, 11) is 0. The first-order chi connectivity index (χ1) is 11.5. The minimum Gasteiger partial charge on any atom is -0.320 e. The molecule has 0 aliphatic heterocycles. The fraction of sp³-hybridized carbons (Fsp3) is 0.316. The zero-order valence-electron chi connectivity index (χ0n) is 14.4. The summed E-state index contributed by atoms with van der Waals surface area (Å²) in [4.78, 5) is 23.5. The van der Waals surface area contributed by atoms with Crippen LogP contribution in [0, 0.1) is 0 Å². The standard InChI is InChI=1S/C19H22N4O/c1-12(2)23(13(3)4)19(24)22-16-11-14-7-5-9-20-17(14)15-8-6-10-21-18(15)16/h5-13H,1-4H3,(H,22,24). The van der Waals surface area contributed by atoms with Crippen molar-refractivity contribution in [3.63, 3.8) is 0 Å². The van der Waals surface area contributed by atoms with E-state index in [9.17, 15) is 4.79 Å². The van der Waals surface area contributed by atoms with E-state index in [1.54, 1.807) is 12.4 Å². The molecule has 0 saturated carbocycles. The van der Waals surface area contributed by atoms with Gasteiger partial charge in [0, 0.05) is 35.2 Å². The molecule has 0 radical (unpaired) electrons. The second-order valence-corrected chi connectivity index (χ2v) is 6.42. The molecule has 0 aliphatic carbocycles. The van der Waals surface area contributed by atoms with Gasteiger partial charge in [0.2, 0.25) is 0 Å². The van der Waals surface area contributed by atoms with Crippen LogP contribution in [0.3, 0.4) is 0 Å². The third-order valence-electron chi connectivity index (χ3n) is 4.05. The van der Waals surface area contributed by atoms with Gasteiger partial charge in [0.1, 0.15) is 0 Å². The van der Waals surface area contributed by atoms with Crippen LogP contribution < -0.4 is 5.32 Å². The number of hydrogen-bond acceptors (Lipinski definition) is 3. The van der Waals surface area contributed by atoms with Crippen LogP contribution in [-0.2, 0) is 0 Å². The third kappa shape index (κ3) is 2.89. The number of benzene rings is 1. The first-order valence-corrected chi connectivity index (χ1v) is 8.21. The minimum absolute atomic E-state index is 0.116. The third-order valence-corrected chi connectivity index (χ3v) is 4.05. The fourth-order valence-electron chi connectivity index (χ4n) is 3.13. The van der Waals surface area contributed by atoms with Gasteiger partial charge in [-0.1, -0.05) is 6.07 Å². The van der Waals surface area contributed by atoms with Crippen molar-refractivity contribution in [2.24, 2.45) is 0 Å². The van der Waals surface area contributed by atoms with E-state index in [2.05, 4.69) is 15.3 Å². The van der Waals surface area contributed by atoms with Crippen LogP contribution >= 0.6 is 0 Å². The summed E-state index contributed by atoms with van der Waals surface area (Å²) in [5.41, 5.74) is 2.36. The van der Waals surface area contributed by atoms with Crippen molar-refractivity contribution in [2.45, 2.75) is 39.8 Å². The molecule has 0 bridgehead atoms. The highest BCUT2D eigenvalue weighted by atomic mass is 16.2. The van der Waals surface area contributed by atoms with Gasteiger partial charge in [-0.2, -0.15) is 0 Å². The second-order valence-electron chi connectivity index (χ2n) is 6.42. The molecule has 124 valence electrons. The molecule has 2 amide bonds. The van der Waals surface area contributed by atoms with Gasteiger partial charge in [-0.25, -0.2) is 4.79 Å². The number of aromatic nitrogens is 2. The lowest BCUT2D eigenvalue weighted by Gasteiger charge is -2.30. The fourth-order valence-corrected chi connectivity index (χ4v) is 3.13. The van der Waals surface area contributed by atoms with Crippen LogP contribution in [0.15, 0.2) is 42.7 Å². The molecule has 0 aliphatic rings. The number of anilines is 1. The summed E-state index contributed by atoms with van der Waals surface area (Å²) in [5, 5.41) is 4.95. The molecule has 24 heavy (non-hydrogen) atoms. The van der Waals surface area contributed by atoms with Crippen LogP contribution in [0.4, 0.5) is 10.5 Å². The monoisotopic (exact) mass is 322 g/mol. The zero-order valence-corrected chi connectivity index (χ0v) is 14.4. The Morgan fingerprint density at radius 1 is 1.00 bits per heavy atom. The number of pyridine rings is 2. The van der Waals surface area contributed by atoms with Crippen LogP contribution in [-0.4, -0.2) is 33.0 Å². The van der Waals surface area contributed by atoms with Crippen molar-refractivity contribution in [2.75, 3.05) is 5.32 Å². The first-order valence-electron chi connectivity index (χ1n) is 8.21. The average molecular weight is 322 g/mol. The maximum atomic E-state index is 12.7. The molecule has 5 nitrogen and oxygen atoms in total. The molecular weight excluding hydrogens is 300 g/mol. The van der Waals surface area contributed by atoms with E-state index in [-0.39, 0.29) is 18.1 Å². The SMILES string of the molecule is CC(C)N(C(=O)Nc1cc2cccnc2c2cccnc12)C(C)C. The Morgan fingerprint density at radius 2 is 1.62 bits per heavy atom. The lowest BCUT2D eigenvalue weighted by Crippen LogP contribution is -2.44. The normalized spacial score (nSPS) is 11.4. The van der Waals surface area contributed by atoms with Gasteiger partial charge in [-0.15, -0.1) is 0 Å². The van der Waals surface area contributed by atoms with E-state index in [0.29, 0.717) is 5.69 Å². The lowest BCUT2D eigenvalue weighted by atomic mass is 10.1. The van der Waals surface area contributed by atoms with Crippen LogP contribution in [0.2, 0.25) is 0 Å². The van der Waals surface area contributed by atoms with Gasteiger partial charge >= 0.3 is 6.03 Å². The lowest BCUT2D eigenvalue weighted by molar-refractivity contribution is 0.178. The molecule has 3 rings (SSSR count). The number of fused-ring (bicyclic) bond motifs is 3. The summed E-state index contributed by atoms with van der Waals surface area (Å²) in [6.07, 6.45) is 3.50. The Hall–Kier alpha value is -2.69. The van der Waals surface area contributed by atoms with E-state index in [1.807, 2.05) is 62.9 Å². The average Bonchev–Trinajstić information content (AvgIpc) is 2.54. The molecule has 0 unspecified atom stereocenters. The highest BCUT2D eigenvalue weighted by molar-refractivity contribution is 6.11. The van der Waals surface area contributed by atoms with Crippen molar-refractivity contribution < 1.29 is 4.79 Å². The minimum atomic E-state index is -0.116. The van der Waals surface area contributed by atoms with Gasteiger partial charge in [-0.05, 0) is 52.0 Å². The smallest absolute Gasteiger partial charge is 0.320 e. The van der Waals surface area contributed by atoms with Crippen LogP contribution in [0.5, 0.6) is 0 Å². The summed E-state index contributed by atoms with van der Waals surface area (Å²) in [6.45, 7) is 8.06. The predicted octanol–water partition coefficient (Wildman–Crippen LogP) is 4.43. The maximum absolute atomic E-state index is 12.7. The molecule has 2 heterocycles. The number of carbonyl (C=O) groups excluding carboxylic acids is 1. The number of nitrogens with zero attached hydrogens (tertiary/aromatic N) is 3. The molecule has 0 atom stereocenters. The summed E-state index contributed by atoms with van der Waals surface area (Å²) in [6, 6.07) is 9.81. The topological polar surface area (TPSA) is 58.1 Å². The maximum Gasteiger partial charge on any atom is 0.322 e. The molecular formula is C19H22N4O. The number of rotatable bonds is 3. The van der Waals surface area contributed by atoms with E-state index >= 15 is 0 Å². The molecule has 3 aromatic rings. The van der Waals surface area contributed by atoms with Crippen LogP contribution in [0.1, 0.15) is 27.7 Å². The van der Waals surface area contributed by atoms with Crippen molar-refractivity contribution in [3.05, 3.63) is 42.7 Å². The molecule has 0 spiro atoms. The number of urea groups is 1. The van der Waals surface area contributed by atoms with Gasteiger partial charge in [0.15, 0.2) is 0 Å². The van der Waals surface area contributed by atoms with Gasteiger partial charge < -0.3 is 10.2 Å². The quantitative estimate of drug-likeness (QED) is 0.726. The first kappa shape index (κ1) is 16.2. The molecule has 0 saturated heterocycles. The van der Waals surface area contributed by atoms with Gasteiger partial charge in [0.05, 0.1) is 16.7 Å². The number of nitrogens with one attached hydrogen (secondary N) is 1. The van der Waals surface area contributed by atoms with Crippen molar-refractivity contribution >= 4 is 33.5 Å². The molecule has 1 N–H and O–H groups in total. The highest BCUT2D eigenvalue weighted by Gasteiger charge is 2.21. The second kappa shape index (κ2) is 6.43. The predicted molar refractivity (Wildman–Crippen MR) is 98.2 cm³/mol. The van der Waals surface area contributed by atoms with E-state index < -0.39 is 0 Å².